The van der Waals surface area contributed by atoms with E-state index in [2.05, 4.69) is 36.5 Å². The molecule has 0 bridgehead atoms. The summed E-state index contributed by atoms with van der Waals surface area (Å²) in [5.74, 6) is 1.56. The van der Waals surface area contributed by atoms with Gasteiger partial charge in [0.05, 0.1) is 23.3 Å². The van der Waals surface area contributed by atoms with Gasteiger partial charge in [0.15, 0.2) is 5.96 Å². The van der Waals surface area contributed by atoms with Crippen LogP contribution in [0.1, 0.15) is 18.2 Å². The number of halogens is 2. The van der Waals surface area contributed by atoms with Crippen LogP contribution in [-0.4, -0.2) is 30.6 Å². The number of para-hydroxylation sites is 1. The quantitative estimate of drug-likeness (QED) is 0.346. The van der Waals surface area contributed by atoms with Crippen molar-refractivity contribution < 1.29 is 4.74 Å². The second-order valence-electron chi connectivity index (χ2n) is 5.43. The van der Waals surface area contributed by atoms with E-state index in [1.54, 1.807) is 13.2 Å². The first kappa shape index (κ1) is 21.7. The fraction of sp³-hybridized carbons (Fsp3) is 0.333. The maximum Gasteiger partial charge on any atom is 0.191 e. The molecule has 1 unspecified atom stereocenters. The lowest BCUT2D eigenvalue weighted by Gasteiger charge is -2.18. The molecule has 136 valence electrons. The summed E-state index contributed by atoms with van der Waals surface area (Å²) >= 11 is 3.49. The molecule has 0 amide bonds. The predicted octanol–water partition coefficient (Wildman–Crippen LogP) is 3.90. The summed E-state index contributed by atoms with van der Waals surface area (Å²) in [6.45, 7) is 5.34. The molecule has 0 aliphatic rings. The van der Waals surface area contributed by atoms with Crippen molar-refractivity contribution in [3.8, 4) is 5.75 Å². The van der Waals surface area contributed by atoms with Gasteiger partial charge in [-0.2, -0.15) is 0 Å². The second-order valence-corrected chi connectivity index (χ2v) is 6.29. The van der Waals surface area contributed by atoms with E-state index in [1.807, 2.05) is 50.2 Å². The molecule has 0 saturated heterocycles. The third kappa shape index (κ3) is 7.19. The van der Waals surface area contributed by atoms with Gasteiger partial charge in [0.25, 0.3) is 0 Å². The predicted molar refractivity (Wildman–Crippen MR) is 117 cm³/mol. The van der Waals surface area contributed by atoms with E-state index in [0.717, 1.165) is 27.4 Å². The minimum Gasteiger partial charge on any atom is -0.488 e. The Balaban J connectivity index is 0.00000312. The number of aryl methyl sites for hydroxylation is 1. The van der Waals surface area contributed by atoms with Gasteiger partial charge in [-0.1, -0.05) is 18.2 Å². The number of pyridine rings is 1. The molecule has 0 spiro atoms. The Labute approximate surface area is 174 Å². The molecule has 25 heavy (non-hydrogen) atoms. The minimum atomic E-state index is -0.00108. The number of hydrogen-bond acceptors (Lipinski definition) is 3. The molecule has 0 aliphatic heterocycles. The van der Waals surface area contributed by atoms with Gasteiger partial charge >= 0.3 is 0 Å². The molecule has 1 aromatic heterocycles. The fourth-order valence-electron chi connectivity index (χ4n) is 2.13. The highest BCUT2D eigenvalue weighted by Gasteiger charge is 2.08. The van der Waals surface area contributed by atoms with Crippen molar-refractivity contribution in [1.82, 2.24) is 15.6 Å². The number of hydrogen-bond donors (Lipinski definition) is 2. The average molecular weight is 519 g/mol. The third-order valence-corrected chi connectivity index (χ3v) is 4.14. The van der Waals surface area contributed by atoms with Crippen molar-refractivity contribution in [2.45, 2.75) is 26.5 Å². The van der Waals surface area contributed by atoms with E-state index in [9.17, 15) is 0 Å². The van der Waals surface area contributed by atoms with Gasteiger partial charge in [-0.15, -0.1) is 24.0 Å². The number of ether oxygens (including phenoxy) is 1. The van der Waals surface area contributed by atoms with Gasteiger partial charge in [-0.3, -0.25) is 9.98 Å². The lowest BCUT2D eigenvalue weighted by molar-refractivity contribution is 0.222. The van der Waals surface area contributed by atoms with Gasteiger partial charge in [0.2, 0.25) is 0 Å². The van der Waals surface area contributed by atoms with E-state index in [-0.39, 0.29) is 30.1 Å². The van der Waals surface area contributed by atoms with E-state index >= 15 is 0 Å². The van der Waals surface area contributed by atoms with Crippen LogP contribution < -0.4 is 15.4 Å². The van der Waals surface area contributed by atoms with Crippen LogP contribution in [0.2, 0.25) is 0 Å². The molecular formula is C18H24BrIN4O. The Morgan fingerprint density at radius 2 is 2.00 bits per heavy atom. The summed E-state index contributed by atoms with van der Waals surface area (Å²) in [6, 6.07) is 11.8. The summed E-state index contributed by atoms with van der Waals surface area (Å²) in [4.78, 5) is 8.60. The van der Waals surface area contributed by atoms with Crippen molar-refractivity contribution in [2.24, 2.45) is 4.99 Å². The second kappa shape index (κ2) is 11.3. The standard InChI is InChI=1S/C18H23BrN4O.HI/c1-13-7-6-10-21-16(13)12-23-18(20-3)22-11-14(2)24-17-9-5-4-8-15(17)19;/h4-10,14H,11-12H2,1-3H3,(H2,20,22,23);1H. The Morgan fingerprint density at radius 3 is 2.68 bits per heavy atom. The summed E-state index contributed by atoms with van der Waals surface area (Å²) in [5.41, 5.74) is 2.17. The summed E-state index contributed by atoms with van der Waals surface area (Å²) < 4.78 is 6.87. The zero-order valence-corrected chi connectivity index (χ0v) is 18.5. The van der Waals surface area contributed by atoms with Gasteiger partial charge in [-0.25, -0.2) is 0 Å². The molecule has 0 saturated carbocycles. The normalized spacial score (nSPS) is 12.1. The molecule has 0 fully saturated rings. The van der Waals surface area contributed by atoms with Crippen LogP contribution in [0.15, 0.2) is 52.1 Å². The molecule has 1 atom stereocenters. The molecule has 0 aliphatic carbocycles. The van der Waals surface area contributed by atoms with Gasteiger partial charge in [-0.05, 0) is 53.5 Å². The van der Waals surface area contributed by atoms with Crippen LogP contribution in [0.3, 0.4) is 0 Å². The first-order valence-corrected chi connectivity index (χ1v) is 8.65. The molecular weight excluding hydrogens is 495 g/mol. The smallest absolute Gasteiger partial charge is 0.191 e. The maximum atomic E-state index is 5.92. The zero-order chi connectivity index (χ0) is 17.4. The number of benzene rings is 1. The molecule has 1 heterocycles. The monoisotopic (exact) mass is 518 g/mol. The van der Waals surface area contributed by atoms with Crippen LogP contribution >= 0.6 is 39.9 Å². The van der Waals surface area contributed by atoms with Gasteiger partial charge < -0.3 is 15.4 Å². The van der Waals surface area contributed by atoms with Crippen molar-refractivity contribution in [2.75, 3.05) is 13.6 Å². The van der Waals surface area contributed by atoms with Crippen LogP contribution in [0.5, 0.6) is 5.75 Å². The highest BCUT2D eigenvalue weighted by atomic mass is 127. The van der Waals surface area contributed by atoms with Gasteiger partial charge in [0.1, 0.15) is 11.9 Å². The Bertz CT molecular complexity index is 696. The number of aromatic nitrogens is 1. The molecule has 1 aromatic carbocycles. The van der Waals surface area contributed by atoms with E-state index in [1.165, 1.54) is 0 Å². The molecule has 2 N–H and O–H groups in total. The van der Waals surface area contributed by atoms with Crippen LogP contribution in [-0.2, 0) is 6.54 Å². The van der Waals surface area contributed by atoms with Crippen molar-refractivity contribution >= 4 is 45.9 Å². The van der Waals surface area contributed by atoms with E-state index in [0.29, 0.717) is 13.1 Å². The number of rotatable bonds is 6. The van der Waals surface area contributed by atoms with Gasteiger partial charge in [0, 0.05) is 13.2 Å². The Hall–Kier alpha value is -1.35. The van der Waals surface area contributed by atoms with E-state index in [4.69, 9.17) is 4.74 Å². The van der Waals surface area contributed by atoms with Crippen molar-refractivity contribution in [1.29, 1.82) is 0 Å². The highest BCUT2D eigenvalue weighted by molar-refractivity contribution is 14.0. The zero-order valence-electron chi connectivity index (χ0n) is 14.6. The minimum absolute atomic E-state index is 0. The fourth-order valence-corrected chi connectivity index (χ4v) is 2.51. The van der Waals surface area contributed by atoms with E-state index < -0.39 is 0 Å². The molecule has 2 aromatic rings. The largest absolute Gasteiger partial charge is 0.488 e. The lowest BCUT2D eigenvalue weighted by atomic mass is 10.2. The third-order valence-electron chi connectivity index (χ3n) is 3.49. The lowest BCUT2D eigenvalue weighted by Crippen LogP contribution is -2.41. The van der Waals surface area contributed by atoms with Crippen molar-refractivity contribution in [3.05, 3.63) is 58.3 Å². The van der Waals surface area contributed by atoms with Crippen LogP contribution in [0.25, 0.3) is 0 Å². The topological polar surface area (TPSA) is 58.5 Å². The Morgan fingerprint density at radius 1 is 1.24 bits per heavy atom. The molecule has 5 nitrogen and oxygen atoms in total. The van der Waals surface area contributed by atoms with Crippen LogP contribution in [0.4, 0.5) is 0 Å². The molecule has 2 rings (SSSR count). The van der Waals surface area contributed by atoms with Crippen LogP contribution in [0, 0.1) is 6.92 Å². The molecule has 7 heteroatoms. The summed E-state index contributed by atoms with van der Waals surface area (Å²) in [7, 11) is 1.75. The first-order chi connectivity index (χ1) is 11.6. The SMILES string of the molecule is CN=C(NCc1ncccc1C)NCC(C)Oc1ccccc1Br.I. The highest BCUT2D eigenvalue weighted by Crippen LogP contribution is 2.24. The summed E-state index contributed by atoms with van der Waals surface area (Å²) in [5, 5.41) is 6.54. The first-order valence-electron chi connectivity index (χ1n) is 7.86. The Kier molecular flexibility index (Phi) is 9.81. The number of guanidine groups is 1. The number of aliphatic imine (C=N–C) groups is 1. The summed E-state index contributed by atoms with van der Waals surface area (Å²) in [6.07, 6.45) is 1.80. The number of nitrogens with one attached hydrogen (secondary N) is 2. The average Bonchev–Trinajstić information content (AvgIpc) is 2.58. The maximum absolute atomic E-state index is 5.92. The number of nitrogens with zero attached hydrogens (tertiary/aromatic N) is 2. The van der Waals surface area contributed by atoms with Crippen molar-refractivity contribution in [3.63, 3.8) is 0 Å². The molecule has 0 radical (unpaired) electrons.